The average molecular weight is 235 g/mol. The number of rotatable bonds is 4. The third-order valence-electron chi connectivity index (χ3n) is 4.51. The van der Waals surface area contributed by atoms with Crippen LogP contribution in [0.1, 0.15) is 45.2 Å². The Balaban J connectivity index is 1.89. The molecule has 2 unspecified atom stereocenters. The van der Waals surface area contributed by atoms with Crippen molar-refractivity contribution in [2.75, 3.05) is 0 Å². The normalized spacial score (nSPS) is 25.1. The van der Waals surface area contributed by atoms with E-state index in [1.165, 1.54) is 25.0 Å². The van der Waals surface area contributed by atoms with E-state index < -0.39 is 0 Å². The molecular formula is C14H25N3. The van der Waals surface area contributed by atoms with E-state index in [1.54, 1.807) is 0 Å². The van der Waals surface area contributed by atoms with Gasteiger partial charge in [-0.15, -0.1) is 0 Å². The molecule has 3 heteroatoms. The molecule has 0 saturated heterocycles. The van der Waals surface area contributed by atoms with E-state index in [9.17, 15) is 0 Å². The molecule has 2 N–H and O–H groups in total. The van der Waals surface area contributed by atoms with E-state index in [-0.39, 0.29) is 0 Å². The molecule has 1 aromatic rings. The van der Waals surface area contributed by atoms with Crippen LogP contribution in [0.4, 0.5) is 0 Å². The second-order valence-electron chi connectivity index (χ2n) is 6.14. The largest absolute Gasteiger partial charge is 0.327 e. The second kappa shape index (κ2) is 4.81. The third kappa shape index (κ3) is 2.71. The lowest BCUT2D eigenvalue weighted by molar-refractivity contribution is 0.214. The molecular weight excluding hydrogens is 210 g/mol. The van der Waals surface area contributed by atoms with Gasteiger partial charge in [0, 0.05) is 25.0 Å². The van der Waals surface area contributed by atoms with Crippen LogP contribution < -0.4 is 5.73 Å². The molecule has 1 aliphatic rings. The van der Waals surface area contributed by atoms with Gasteiger partial charge in [0.05, 0.1) is 0 Å². The molecule has 1 aliphatic carbocycles. The summed E-state index contributed by atoms with van der Waals surface area (Å²) in [6.07, 6.45) is 7.96. The summed E-state index contributed by atoms with van der Waals surface area (Å²) in [6.45, 7) is 4.74. The molecule has 1 saturated carbocycles. The van der Waals surface area contributed by atoms with Gasteiger partial charge in [0.25, 0.3) is 0 Å². The molecule has 0 amide bonds. The van der Waals surface area contributed by atoms with Crippen molar-refractivity contribution in [2.24, 2.45) is 24.1 Å². The van der Waals surface area contributed by atoms with Gasteiger partial charge in [-0.2, -0.15) is 5.10 Å². The lowest BCUT2D eigenvalue weighted by atomic mass is 9.76. The van der Waals surface area contributed by atoms with Crippen LogP contribution in [0, 0.1) is 11.3 Å². The number of nitrogens with two attached hydrogens (primary N) is 1. The predicted octanol–water partition coefficient (Wildman–Crippen LogP) is 2.51. The van der Waals surface area contributed by atoms with E-state index in [2.05, 4.69) is 25.0 Å². The maximum Gasteiger partial charge on any atom is 0.0492 e. The van der Waals surface area contributed by atoms with Crippen LogP contribution in [-0.4, -0.2) is 15.8 Å². The molecule has 17 heavy (non-hydrogen) atoms. The van der Waals surface area contributed by atoms with Crippen molar-refractivity contribution in [1.29, 1.82) is 0 Å². The van der Waals surface area contributed by atoms with Crippen LogP contribution in [0.3, 0.4) is 0 Å². The highest BCUT2D eigenvalue weighted by Gasteiger charge is 2.37. The first-order chi connectivity index (χ1) is 8.00. The standard InChI is InChI=1S/C14H25N3/c1-14(2)9-4-5-12(14)13(15)7-6-11-8-10-16-17(11)3/h8,10,12-13H,4-7,9,15H2,1-3H3. The molecule has 2 rings (SSSR count). The first kappa shape index (κ1) is 12.6. The molecule has 0 bridgehead atoms. The summed E-state index contributed by atoms with van der Waals surface area (Å²) in [5.74, 6) is 0.690. The van der Waals surface area contributed by atoms with E-state index in [0.717, 1.165) is 12.8 Å². The Hall–Kier alpha value is -0.830. The molecule has 1 heterocycles. The van der Waals surface area contributed by atoms with E-state index >= 15 is 0 Å². The van der Waals surface area contributed by atoms with Crippen LogP contribution in [0.25, 0.3) is 0 Å². The Bertz CT molecular complexity index is 367. The minimum Gasteiger partial charge on any atom is -0.327 e. The second-order valence-corrected chi connectivity index (χ2v) is 6.14. The van der Waals surface area contributed by atoms with Crippen molar-refractivity contribution >= 4 is 0 Å². The van der Waals surface area contributed by atoms with Crippen LogP contribution in [0.2, 0.25) is 0 Å². The molecule has 2 atom stereocenters. The zero-order valence-electron chi connectivity index (χ0n) is 11.3. The van der Waals surface area contributed by atoms with Crippen molar-refractivity contribution in [1.82, 2.24) is 9.78 Å². The molecule has 1 fully saturated rings. The van der Waals surface area contributed by atoms with Crippen LogP contribution >= 0.6 is 0 Å². The van der Waals surface area contributed by atoms with Gasteiger partial charge in [0.1, 0.15) is 0 Å². The van der Waals surface area contributed by atoms with E-state index in [0.29, 0.717) is 17.4 Å². The van der Waals surface area contributed by atoms with E-state index in [1.807, 2.05) is 17.9 Å². The van der Waals surface area contributed by atoms with Crippen molar-refractivity contribution in [3.8, 4) is 0 Å². The van der Waals surface area contributed by atoms with Gasteiger partial charge in [-0.1, -0.05) is 20.3 Å². The van der Waals surface area contributed by atoms with Gasteiger partial charge >= 0.3 is 0 Å². The molecule has 0 radical (unpaired) electrons. The van der Waals surface area contributed by atoms with Gasteiger partial charge < -0.3 is 5.73 Å². The fraction of sp³-hybridized carbons (Fsp3) is 0.786. The number of hydrogen-bond donors (Lipinski definition) is 1. The van der Waals surface area contributed by atoms with Crippen molar-refractivity contribution < 1.29 is 0 Å². The Labute approximate surface area is 104 Å². The Morgan fingerprint density at radius 3 is 2.88 bits per heavy atom. The van der Waals surface area contributed by atoms with Gasteiger partial charge in [-0.3, -0.25) is 4.68 Å². The summed E-state index contributed by atoms with van der Waals surface area (Å²) in [5.41, 5.74) is 8.12. The molecule has 96 valence electrons. The first-order valence-electron chi connectivity index (χ1n) is 6.73. The topological polar surface area (TPSA) is 43.8 Å². The van der Waals surface area contributed by atoms with Crippen molar-refractivity contribution in [3.63, 3.8) is 0 Å². The minimum absolute atomic E-state index is 0.336. The van der Waals surface area contributed by atoms with Crippen molar-refractivity contribution in [2.45, 2.75) is 52.0 Å². The SMILES string of the molecule is Cn1nccc1CCC(N)C1CCCC1(C)C. The monoisotopic (exact) mass is 235 g/mol. The zero-order valence-corrected chi connectivity index (χ0v) is 11.3. The minimum atomic E-state index is 0.336. The smallest absolute Gasteiger partial charge is 0.0492 e. The fourth-order valence-corrected chi connectivity index (χ4v) is 3.31. The van der Waals surface area contributed by atoms with Crippen LogP contribution in [0.5, 0.6) is 0 Å². The number of aryl methyl sites for hydroxylation is 2. The van der Waals surface area contributed by atoms with Gasteiger partial charge in [-0.05, 0) is 43.1 Å². The predicted molar refractivity (Wildman–Crippen MR) is 70.6 cm³/mol. The molecule has 0 aliphatic heterocycles. The van der Waals surface area contributed by atoms with Crippen molar-refractivity contribution in [3.05, 3.63) is 18.0 Å². The first-order valence-corrected chi connectivity index (χ1v) is 6.73. The number of hydrogen-bond acceptors (Lipinski definition) is 2. The van der Waals surface area contributed by atoms with E-state index in [4.69, 9.17) is 5.73 Å². The average Bonchev–Trinajstić information content (AvgIpc) is 2.81. The molecule has 0 spiro atoms. The van der Waals surface area contributed by atoms with Gasteiger partial charge in [-0.25, -0.2) is 0 Å². The van der Waals surface area contributed by atoms with Gasteiger partial charge in [0.15, 0.2) is 0 Å². The molecule has 0 aromatic carbocycles. The maximum absolute atomic E-state index is 6.39. The summed E-state index contributed by atoms with van der Waals surface area (Å²) in [6, 6.07) is 2.43. The number of nitrogens with zero attached hydrogens (tertiary/aromatic N) is 2. The molecule has 1 aromatic heterocycles. The van der Waals surface area contributed by atoms with Crippen LogP contribution in [-0.2, 0) is 13.5 Å². The quantitative estimate of drug-likeness (QED) is 0.871. The summed E-state index contributed by atoms with van der Waals surface area (Å²) in [4.78, 5) is 0. The lowest BCUT2D eigenvalue weighted by Gasteiger charge is -2.32. The number of aromatic nitrogens is 2. The Kier molecular flexibility index (Phi) is 3.57. The third-order valence-corrected chi connectivity index (χ3v) is 4.51. The highest BCUT2D eigenvalue weighted by molar-refractivity contribution is 5.01. The highest BCUT2D eigenvalue weighted by Crippen LogP contribution is 2.44. The summed E-state index contributed by atoms with van der Waals surface area (Å²) < 4.78 is 1.95. The fourth-order valence-electron chi connectivity index (χ4n) is 3.31. The Morgan fingerprint density at radius 1 is 1.59 bits per heavy atom. The summed E-state index contributed by atoms with van der Waals surface area (Å²) >= 11 is 0. The molecule has 3 nitrogen and oxygen atoms in total. The summed E-state index contributed by atoms with van der Waals surface area (Å²) in [7, 11) is 2.00. The Morgan fingerprint density at radius 2 is 2.35 bits per heavy atom. The van der Waals surface area contributed by atoms with Crippen LogP contribution in [0.15, 0.2) is 12.3 Å². The van der Waals surface area contributed by atoms with Gasteiger partial charge in [0.2, 0.25) is 0 Å². The summed E-state index contributed by atoms with van der Waals surface area (Å²) in [5, 5.41) is 4.20. The highest BCUT2D eigenvalue weighted by atomic mass is 15.2. The zero-order chi connectivity index (χ0) is 12.5. The maximum atomic E-state index is 6.39. The lowest BCUT2D eigenvalue weighted by Crippen LogP contribution is -2.36.